The SMILES string of the molecule is COC(=O)[C@@H]1C[C@@]2(C)[C@@H](C[C@@H](O)[C@]2(O)C(=O)COC(C)=O)[C@@H]2CCC3=CC(=O)C=C[C@]3(C)[C@H]21. The monoisotopic (exact) mass is 460 g/mol. The number of aliphatic hydroxyl groups is 2. The number of hydrogen-bond donors (Lipinski definition) is 2. The number of Topliss-reactive ketones (excluding diaryl/α,β-unsaturated/α-hetero) is 1. The minimum atomic E-state index is -2.15. The van der Waals surface area contributed by atoms with Gasteiger partial charge in [0, 0.05) is 17.8 Å². The Bertz CT molecular complexity index is 965. The summed E-state index contributed by atoms with van der Waals surface area (Å²) < 4.78 is 10.0. The Labute approximate surface area is 193 Å². The highest BCUT2D eigenvalue weighted by Crippen LogP contribution is 2.68. The number of rotatable bonds is 4. The summed E-state index contributed by atoms with van der Waals surface area (Å²) in [5.41, 5.74) is -2.83. The molecule has 33 heavy (non-hydrogen) atoms. The Kier molecular flexibility index (Phi) is 5.69. The van der Waals surface area contributed by atoms with E-state index in [9.17, 15) is 29.4 Å². The largest absolute Gasteiger partial charge is 0.469 e. The first-order chi connectivity index (χ1) is 15.4. The summed E-state index contributed by atoms with van der Waals surface area (Å²) in [5, 5.41) is 22.7. The van der Waals surface area contributed by atoms with Crippen LogP contribution in [0.5, 0.6) is 0 Å². The highest BCUT2D eigenvalue weighted by atomic mass is 16.5. The normalized spacial score (nSPS) is 43.6. The molecule has 180 valence electrons. The molecule has 0 heterocycles. The third-order valence-corrected chi connectivity index (χ3v) is 9.08. The standard InChI is InChI=1S/C25H32O8/c1-13(26)33-12-20(29)25(31)19(28)10-18-16-6-5-14-9-15(27)7-8-23(14,2)21(16)17(22(30)32-4)11-24(18,25)3/h7-9,16-19,21,28,31H,5-6,10-12H2,1-4H3/t16-,17+,18-,19+,21+,23-,24-,25-/m0/s1. The molecule has 0 aromatic heterocycles. The lowest BCUT2D eigenvalue weighted by atomic mass is 9.44. The lowest BCUT2D eigenvalue weighted by molar-refractivity contribution is -0.191. The summed E-state index contributed by atoms with van der Waals surface area (Å²) in [4.78, 5) is 49.5. The molecule has 0 bridgehead atoms. The highest BCUT2D eigenvalue weighted by molar-refractivity contribution is 6.01. The van der Waals surface area contributed by atoms with E-state index in [1.807, 2.05) is 13.0 Å². The van der Waals surface area contributed by atoms with E-state index in [1.165, 1.54) is 20.1 Å². The van der Waals surface area contributed by atoms with Crippen molar-refractivity contribution < 1.29 is 38.9 Å². The predicted molar refractivity (Wildman–Crippen MR) is 115 cm³/mol. The van der Waals surface area contributed by atoms with Gasteiger partial charge in [-0.15, -0.1) is 0 Å². The first-order valence-electron chi connectivity index (χ1n) is 11.5. The van der Waals surface area contributed by atoms with Gasteiger partial charge >= 0.3 is 11.9 Å². The number of esters is 2. The van der Waals surface area contributed by atoms with E-state index in [1.54, 1.807) is 13.0 Å². The van der Waals surface area contributed by atoms with Gasteiger partial charge in [0.2, 0.25) is 5.78 Å². The van der Waals surface area contributed by atoms with Crippen LogP contribution in [0.1, 0.15) is 46.5 Å². The molecule has 0 aromatic rings. The fourth-order valence-electron chi connectivity index (χ4n) is 7.55. The highest BCUT2D eigenvalue weighted by Gasteiger charge is 2.72. The molecular formula is C25H32O8. The van der Waals surface area contributed by atoms with Gasteiger partial charge in [-0.2, -0.15) is 0 Å². The molecule has 0 saturated heterocycles. The summed E-state index contributed by atoms with van der Waals surface area (Å²) in [5.74, 6) is -3.10. The number of fused-ring (bicyclic) bond motifs is 5. The number of allylic oxidation sites excluding steroid dienone is 4. The van der Waals surface area contributed by atoms with Gasteiger partial charge in [-0.25, -0.2) is 0 Å². The van der Waals surface area contributed by atoms with E-state index < -0.39 is 52.8 Å². The maximum absolute atomic E-state index is 13.1. The van der Waals surface area contributed by atoms with Crippen molar-refractivity contribution in [3.8, 4) is 0 Å². The molecule has 0 spiro atoms. The third-order valence-electron chi connectivity index (χ3n) is 9.08. The summed E-state index contributed by atoms with van der Waals surface area (Å²) in [7, 11) is 1.31. The van der Waals surface area contributed by atoms with Gasteiger partial charge < -0.3 is 19.7 Å². The maximum atomic E-state index is 13.1. The Hall–Kier alpha value is -2.32. The minimum Gasteiger partial charge on any atom is -0.469 e. The van der Waals surface area contributed by atoms with Gasteiger partial charge in [-0.3, -0.25) is 19.2 Å². The van der Waals surface area contributed by atoms with E-state index in [4.69, 9.17) is 9.47 Å². The smallest absolute Gasteiger partial charge is 0.309 e. The topological polar surface area (TPSA) is 127 Å². The fraction of sp³-hybridized carbons (Fsp3) is 0.680. The van der Waals surface area contributed by atoms with Crippen molar-refractivity contribution in [2.75, 3.05) is 13.7 Å². The van der Waals surface area contributed by atoms with Gasteiger partial charge in [0.25, 0.3) is 0 Å². The van der Waals surface area contributed by atoms with Gasteiger partial charge in [-0.1, -0.05) is 25.5 Å². The zero-order valence-electron chi connectivity index (χ0n) is 19.5. The molecule has 0 aliphatic heterocycles. The Balaban J connectivity index is 1.79. The second-order valence-electron chi connectivity index (χ2n) is 10.5. The molecule has 2 N–H and O–H groups in total. The van der Waals surface area contributed by atoms with E-state index in [-0.39, 0.29) is 36.4 Å². The second kappa shape index (κ2) is 7.87. The Morgan fingerprint density at radius 3 is 2.58 bits per heavy atom. The molecule has 0 radical (unpaired) electrons. The lowest BCUT2D eigenvalue weighted by Gasteiger charge is -2.59. The number of ketones is 2. The molecule has 0 unspecified atom stereocenters. The summed E-state index contributed by atoms with van der Waals surface area (Å²) in [6.45, 7) is 4.31. The van der Waals surface area contributed by atoms with E-state index in [2.05, 4.69) is 0 Å². The van der Waals surface area contributed by atoms with Crippen LogP contribution in [0.3, 0.4) is 0 Å². The molecule has 8 heteroatoms. The Morgan fingerprint density at radius 2 is 1.94 bits per heavy atom. The molecule has 0 aromatic carbocycles. The van der Waals surface area contributed by atoms with Crippen LogP contribution in [-0.4, -0.2) is 59.1 Å². The second-order valence-corrected chi connectivity index (χ2v) is 10.5. The fourth-order valence-corrected chi connectivity index (χ4v) is 7.55. The van der Waals surface area contributed by atoms with E-state index >= 15 is 0 Å². The van der Waals surface area contributed by atoms with Crippen molar-refractivity contribution >= 4 is 23.5 Å². The van der Waals surface area contributed by atoms with Crippen molar-refractivity contribution in [2.45, 2.75) is 58.2 Å². The van der Waals surface area contributed by atoms with Crippen LogP contribution >= 0.6 is 0 Å². The summed E-state index contributed by atoms with van der Waals surface area (Å²) >= 11 is 0. The summed E-state index contributed by atoms with van der Waals surface area (Å²) in [6.07, 6.45) is 5.38. The zero-order valence-corrected chi connectivity index (χ0v) is 19.5. The van der Waals surface area contributed by atoms with Crippen molar-refractivity contribution in [3.05, 3.63) is 23.8 Å². The van der Waals surface area contributed by atoms with Crippen molar-refractivity contribution in [3.63, 3.8) is 0 Å². The molecule has 8 nitrogen and oxygen atoms in total. The van der Waals surface area contributed by atoms with Crippen LogP contribution in [0, 0.1) is 34.5 Å². The molecule has 3 fully saturated rings. The molecule has 4 aliphatic rings. The van der Waals surface area contributed by atoms with Crippen LogP contribution in [0.4, 0.5) is 0 Å². The predicted octanol–water partition coefficient (Wildman–Crippen LogP) is 1.53. The van der Waals surface area contributed by atoms with Crippen LogP contribution in [0.25, 0.3) is 0 Å². The maximum Gasteiger partial charge on any atom is 0.309 e. The molecule has 8 atom stereocenters. The number of carbonyl (C=O) groups excluding carboxylic acids is 4. The molecule has 0 amide bonds. The molecule has 4 rings (SSSR count). The number of ether oxygens (including phenoxy) is 2. The average molecular weight is 461 g/mol. The van der Waals surface area contributed by atoms with Gasteiger partial charge in [0.1, 0.15) is 0 Å². The lowest BCUT2D eigenvalue weighted by Crippen LogP contribution is -2.63. The van der Waals surface area contributed by atoms with Crippen molar-refractivity contribution in [2.24, 2.45) is 34.5 Å². The van der Waals surface area contributed by atoms with E-state index in [0.29, 0.717) is 12.8 Å². The zero-order chi connectivity index (χ0) is 24.3. The van der Waals surface area contributed by atoms with Crippen molar-refractivity contribution in [1.82, 2.24) is 0 Å². The molecule has 3 saturated carbocycles. The number of hydrogen-bond acceptors (Lipinski definition) is 8. The van der Waals surface area contributed by atoms with Crippen LogP contribution in [0.15, 0.2) is 23.8 Å². The van der Waals surface area contributed by atoms with Gasteiger partial charge in [-0.05, 0) is 55.6 Å². The number of aliphatic hydroxyl groups excluding tert-OH is 1. The molecule has 4 aliphatic carbocycles. The van der Waals surface area contributed by atoms with E-state index in [0.717, 1.165) is 5.57 Å². The third kappa shape index (κ3) is 3.25. The first kappa shape index (κ1) is 23.8. The number of methoxy groups -OCH3 is 1. The van der Waals surface area contributed by atoms with Gasteiger partial charge in [0.15, 0.2) is 18.0 Å². The quantitative estimate of drug-likeness (QED) is 0.605. The number of carbonyl (C=O) groups is 4. The Morgan fingerprint density at radius 1 is 1.24 bits per heavy atom. The first-order valence-corrected chi connectivity index (χ1v) is 11.5. The van der Waals surface area contributed by atoms with Gasteiger partial charge in [0.05, 0.1) is 19.1 Å². The summed E-state index contributed by atoms with van der Waals surface area (Å²) in [6, 6.07) is 0. The molecular weight excluding hydrogens is 428 g/mol. The minimum absolute atomic E-state index is 0.0714. The average Bonchev–Trinajstić information content (AvgIpc) is 2.98. The van der Waals surface area contributed by atoms with Crippen LogP contribution < -0.4 is 0 Å². The van der Waals surface area contributed by atoms with Crippen LogP contribution in [0.2, 0.25) is 0 Å². The van der Waals surface area contributed by atoms with Crippen molar-refractivity contribution in [1.29, 1.82) is 0 Å². The van der Waals surface area contributed by atoms with Crippen LogP contribution in [-0.2, 0) is 28.7 Å².